The second-order valence-electron chi connectivity index (χ2n) is 5.13. The zero-order chi connectivity index (χ0) is 15.0. The largest absolute Gasteiger partial charge is 0.351 e. The third-order valence-corrected chi connectivity index (χ3v) is 3.41. The van der Waals surface area contributed by atoms with E-state index in [1.54, 1.807) is 11.7 Å². The van der Waals surface area contributed by atoms with Crippen molar-refractivity contribution in [2.45, 2.75) is 19.9 Å². The molecule has 7 nitrogen and oxygen atoms in total. The summed E-state index contributed by atoms with van der Waals surface area (Å²) < 4.78 is 1.54. The van der Waals surface area contributed by atoms with Crippen molar-refractivity contribution in [2.75, 3.05) is 0 Å². The van der Waals surface area contributed by atoms with Crippen LogP contribution in [0.5, 0.6) is 0 Å². The van der Waals surface area contributed by atoms with E-state index in [-0.39, 0.29) is 11.9 Å². The third kappa shape index (κ3) is 2.49. The Kier molecular flexibility index (Phi) is 3.17. The van der Waals surface area contributed by atoms with Gasteiger partial charge in [0.2, 0.25) is 0 Å². The van der Waals surface area contributed by atoms with Crippen LogP contribution in [0, 0.1) is 6.92 Å². The number of aryl methyl sites for hydroxylation is 2. The number of nitrogens with zero attached hydrogens (tertiary/aromatic N) is 4. The smallest absolute Gasteiger partial charge is 0.268 e. The third-order valence-electron chi connectivity index (χ3n) is 3.41. The van der Waals surface area contributed by atoms with Gasteiger partial charge in [0.1, 0.15) is 5.69 Å². The highest BCUT2D eigenvalue weighted by molar-refractivity contribution is 5.98. The molecule has 0 aliphatic carbocycles. The van der Waals surface area contributed by atoms with Crippen molar-refractivity contribution in [3.63, 3.8) is 0 Å². The van der Waals surface area contributed by atoms with Gasteiger partial charge in [-0.2, -0.15) is 0 Å². The maximum Gasteiger partial charge on any atom is 0.268 e. The molecule has 3 aromatic rings. The number of hydrogen-bond acceptors (Lipinski definition) is 4. The van der Waals surface area contributed by atoms with Crippen molar-refractivity contribution in [1.29, 1.82) is 0 Å². The summed E-state index contributed by atoms with van der Waals surface area (Å²) in [5, 5.41) is 15.1. The van der Waals surface area contributed by atoms with Gasteiger partial charge in [0, 0.05) is 18.0 Å². The Labute approximate surface area is 121 Å². The molecule has 7 heteroatoms. The van der Waals surface area contributed by atoms with Gasteiger partial charge in [-0.05, 0) is 42.0 Å². The number of amides is 1. The van der Waals surface area contributed by atoms with Crippen LogP contribution in [0.2, 0.25) is 0 Å². The molecule has 0 aliphatic rings. The van der Waals surface area contributed by atoms with E-state index < -0.39 is 0 Å². The lowest BCUT2D eigenvalue weighted by molar-refractivity contribution is 0.0933. The van der Waals surface area contributed by atoms with E-state index in [1.165, 1.54) is 0 Å². The topological polar surface area (TPSA) is 88.5 Å². The van der Waals surface area contributed by atoms with Crippen LogP contribution in [-0.2, 0) is 7.05 Å². The first-order valence-corrected chi connectivity index (χ1v) is 6.67. The van der Waals surface area contributed by atoms with Crippen LogP contribution >= 0.6 is 0 Å². The van der Waals surface area contributed by atoms with Gasteiger partial charge >= 0.3 is 0 Å². The number of fused-ring (bicyclic) bond motifs is 1. The van der Waals surface area contributed by atoms with Crippen molar-refractivity contribution < 1.29 is 4.79 Å². The van der Waals surface area contributed by atoms with E-state index in [0.717, 1.165) is 16.5 Å². The zero-order valence-corrected chi connectivity index (χ0v) is 12.1. The molecule has 0 spiro atoms. The molecule has 0 saturated heterocycles. The lowest BCUT2D eigenvalue weighted by Gasteiger charge is -2.11. The molecule has 108 valence electrons. The second-order valence-corrected chi connectivity index (χ2v) is 5.13. The number of tetrazole rings is 1. The van der Waals surface area contributed by atoms with Crippen LogP contribution in [0.15, 0.2) is 24.3 Å². The average molecular weight is 284 g/mol. The fourth-order valence-corrected chi connectivity index (χ4v) is 2.31. The molecule has 3 rings (SSSR count). The van der Waals surface area contributed by atoms with E-state index in [1.807, 2.05) is 38.1 Å². The molecule has 1 amide bonds. The molecule has 0 fully saturated rings. The molecule has 0 bridgehead atoms. The molecule has 0 radical (unpaired) electrons. The summed E-state index contributed by atoms with van der Waals surface area (Å²) >= 11 is 0. The van der Waals surface area contributed by atoms with Crippen LogP contribution in [-0.4, -0.2) is 31.1 Å². The average Bonchev–Trinajstić information content (AvgIpc) is 3.04. The highest BCUT2D eigenvalue weighted by atomic mass is 16.2. The zero-order valence-electron chi connectivity index (χ0n) is 12.1. The van der Waals surface area contributed by atoms with E-state index in [4.69, 9.17) is 0 Å². The summed E-state index contributed by atoms with van der Waals surface area (Å²) in [6.07, 6.45) is 0. The van der Waals surface area contributed by atoms with Gasteiger partial charge in [0.05, 0.1) is 6.04 Å². The number of rotatable bonds is 3. The van der Waals surface area contributed by atoms with Crippen LogP contribution in [0.3, 0.4) is 0 Å². The van der Waals surface area contributed by atoms with Crippen molar-refractivity contribution >= 4 is 16.8 Å². The van der Waals surface area contributed by atoms with E-state index in [0.29, 0.717) is 11.5 Å². The molecule has 0 unspecified atom stereocenters. The number of H-pyrrole nitrogens is 1. The summed E-state index contributed by atoms with van der Waals surface area (Å²) in [6, 6.07) is 7.60. The number of nitrogens with one attached hydrogen (secondary N) is 2. The summed E-state index contributed by atoms with van der Waals surface area (Å²) in [6.45, 7) is 3.86. The Balaban J connectivity index is 1.82. The van der Waals surface area contributed by atoms with Gasteiger partial charge in [-0.3, -0.25) is 4.79 Å². The number of aromatic nitrogens is 5. The van der Waals surface area contributed by atoms with Gasteiger partial charge in [-0.25, -0.2) is 4.68 Å². The predicted molar refractivity (Wildman–Crippen MR) is 77.7 cm³/mol. The van der Waals surface area contributed by atoms with Crippen LogP contribution in [0.25, 0.3) is 10.9 Å². The first-order chi connectivity index (χ1) is 10.0. The highest BCUT2D eigenvalue weighted by Crippen LogP contribution is 2.17. The van der Waals surface area contributed by atoms with Gasteiger partial charge in [0.15, 0.2) is 5.82 Å². The molecule has 0 saturated carbocycles. The van der Waals surface area contributed by atoms with Gasteiger partial charge in [0.25, 0.3) is 5.91 Å². The summed E-state index contributed by atoms with van der Waals surface area (Å²) in [4.78, 5) is 15.4. The monoisotopic (exact) mass is 284 g/mol. The Bertz CT molecular complexity index is 803. The molecule has 2 aromatic heterocycles. The van der Waals surface area contributed by atoms with Gasteiger partial charge in [-0.1, -0.05) is 12.1 Å². The van der Waals surface area contributed by atoms with Crippen LogP contribution in [0.1, 0.15) is 34.8 Å². The summed E-state index contributed by atoms with van der Waals surface area (Å²) in [7, 11) is 1.74. The minimum absolute atomic E-state index is 0.181. The normalized spacial score (nSPS) is 12.5. The van der Waals surface area contributed by atoms with Crippen molar-refractivity contribution in [2.24, 2.45) is 7.05 Å². The Morgan fingerprint density at radius 1 is 1.38 bits per heavy atom. The molecule has 1 aromatic carbocycles. The Morgan fingerprint density at radius 2 is 2.19 bits per heavy atom. The highest BCUT2D eigenvalue weighted by Gasteiger charge is 2.17. The number of carbonyl (C=O) groups excluding carboxylic acids is 1. The molecule has 2 heterocycles. The van der Waals surface area contributed by atoms with Crippen LogP contribution < -0.4 is 5.32 Å². The van der Waals surface area contributed by atoms with Gasteiger partial charge in [-0.15, -0.1) is 5.10 Å². The SMILES string of the molecule is Cc1ccc2cc(C(=O)N[C@@H](C)c3nnnn3C)[nH]c2c1. The molecule has 21 heavy (non-hydrogen) atoms. The fraction of sp³-hybridized carbons (Fsp3) is 0.286. The quantitative estimate of drug-likeness (QED) is 0.762. The maximum absolute atomic E-state index is 12.3. The predicted octanol–water partition coefficient (Wildman–Crippen LogP) is 1.49. The van der Waals surface area contributed by atoms with Crippen molar-refractivity contribution in [1.82, 2.24) is 30.5 Å². The molecular formula is C14H16N6O. The first-order valence-electron chi connectivity index (χ1n) is 6.67. The Hall–Kier alpha value is -2.70. The molecular weight excluding hydrogens is 268 g/mol. The number of carbonyl (C=O) groups is 1. The number of benzene rings is 1. The molecule has 2 N–H and O–H groups in total. The van der Waals surface area contributed by atoms with E-state index >= 15 is 0 Å². The van der Waals surface area contributed by atoms with Crippen molar-refractivity contribution in [3.05, 3.63) is 41.3 Å². The lowest BCUT2D eigenvalue weighted by atomic mass is 10.2. The maximum atomic E-state index is 12.3. The van der Waals surface area contributed by atoms with Crippen molar-refractivity contribution in [3.8, 4) is 0 Å². The fourth-order valence-electron chi connectivity index (χ4n) is 2.31. The van der Waals surface area contributed by atoms with Crippen LogP contribution in [0.4, 0.5) is 0 Å². The molecule has 0 aliphatic heterocycles. The molecule has 1 atom stereocenters. The standard InChI is InChI=1S/C14H16N6O/c1-8-4-5-10-7-12(16-11(10)6-8)14(21)15-9(2)13-17-18-19-20(13)3/h4-7,9,16H,1-3H3,(H,15,21)/t9-/m0/s1. The lowest BCUT2D eigenvalue weighted by Crippen LogP contribution is -2.28. The van der Waals surface area contributed by atoms with E-state index in [9.17, 15) is 4.79 Å². The van der Waals surface area contributed by atoms with Gasteiger partial charge < -0.3 is 10.3 Å². The summed E-state index contributed by atoms with van der Waals surface area (Å²) in [5.41, 5.74) is 2.63. The minimum Gasteiger partial charge on any atom is -0.351 e. The summed E-state index contributed by atoms with van der Waals surface area (Å²) in [5.74, 6) is 0.426. The van der Waals surface area contributed by atoms with E-state index in [2.05, 4.69) is 25.8 Å². The first kappa shape index (κ1) is 13.3. The Morgan fingerprint density at radius 3 is 2.90 bits per heavy atom. The minimum atomic E-state index is -0.273. The second kappa shape index (κ2) is 5.01. The number of hydrogen-bond donors (Lipinski definition) is 2. The number of aromatic amines is 1.